The molecule has 3 saturated heterocycles. The van der Waals surface area contributed by atoms with Crippen LogP contribution in [0.1, 0.15) is 42.9 Å². The van der Waals surface area contributed by atoms with Crippen LogP contribution >= 0.6 is 11.3 Å². The normalized spacial score (nSPS) is 21.3. The Bertz CT molecular complexity index is 2410. The fourth-order valence-corrected chi connectivity index (χ4v) is 10.6. The number of para-hydroxylation sites is 1. The number of nitrogens with two attached hydrogens (primary N) is 1. The third-order valence-corrected chi connectivity index (χ3v) is 13.6. The number of hydrogen-bond donors (Lipinski definition) is 2. The molecule has 3 N–H and O–H groups in total. The maximum absolute atomic E-state index is 12.5. The lowest BCUT2D eigenvalue weighted by Crippen LogP contribution is -2.56. The Kier molecular flexibility index (Phi) is 9.47. The molecule has 3 aromatic heterocycles. The molecule has 1 aliphatic carbocycles. The van der Waals surface area contributed by atoms with Crippen LogP contribution in [0.15, 0.2) is 83.6 Å². The van der Waals surface area contributed by atoms with Crippen molar-refractivity contribution in [2.75, 3.05) is 67.9 Å². The number of thiophene rings is 1. The number of anilines is 3. The summed E-state index contributed by atoms with van der Waals surface area (Å²) in [5.41, 5.74) is 10.4. The van der Waals surface area contributed by atoms with E-state index in [1.165, 1.54) is 22.6 Å². The maximum atomic E-state index is 12.5. The first kappa shape index (κ1) is 35.8. The summed E-state index contributed by atoms with van der Waals surface area (Å²) >= 11 is 1.83. The van der Waals surface area contributed by atoms with Gasteiger partial charge >= 0.3 is 6.03 Å². The Morgan fingerprint density at radius 2 is 1.65 bits per heavy atom. The van der Waals surface area contributed by atoms with Gasteiger partial charge < -0.3 is 24.8 Å². The van der Waals surface area contributed by atoms with E-state index in [1.54, 1.807) is 6.33 Å². The summed E-state index contributed by atoms with van der Waals surface area (Å²) in [7, 11) is 0. The lowest BCUT2D eigenvalue weighted by Gasteiger charge is -2.46. The van der Waals surface area contributed by atoms with E-state index in [1.807, 2.05) is 59.9 Å². The summed E-state index contributed by atoms with van der Waals surface area (Å²) in [6, 6.07) is 24.3. The lowest BCUT2D eigenvalue weighted by atomic mass is 9.83. The van der Waals surface area contributed by atoms with Crippen molar-refractivity contribution >= 4 is 62.5 Å². The van der Waals surface area contributed by atoms with Crippen LogP contribution in [0.3, 0.4) is 0 Å². The third kappa shape index (κ3) is 7.06. The molecule has 6 aromatic rings. The molecule has 0 radical (unpaired) electrons. The number of carbonyl (C=O) groups is 2. The average molecular weight is 784 g/mol. The van der Waals surface area contributed by atoms with Crippen molar-refractivity contribution in [1.29, 1.82) is 0 Å². The van der Waals surface area contributed by atoms with Gasteiger partial charge in [-0.15, -0.1) is 11.3 Å². The number of nitrogens with zero attached hydrogens (tertiary/aromatic N) is 7. The number of amides is 3. The molecule has 0 unspecified atom stereocenters. The number of aromatic nitrogens is 3. The van der Waals surface area contributed by atoms with Crippen molar-refractivity contribution in [3.8, 4) is 21.9 Å². The van der Waals surface area contributed by atoms with Gasteiger partial charge in [0.2, 0.25) is 5.91 Å². The molecule has 0 atom stereocenters. The van der Waals surface area contributed by atoms with Gasteiger partial charge in [0.05, 0.1) is 16.3 Å². The number of urea groups is 1. The van der Waals surface area contributed by atoms with Crippen LogP contribution in [0.2, 0.25) is 0 Å². The first-order chi connectivity index (χ1) is 27.9. The first-order valence-electron chi connectivity index (χ1n) is 20.0. The van der Waals surface area contributed by atoms with Crippen LogP contribution in [0.25, 0.3) is 32.3 Å². The van der Waals surface area contributed by atoms with Crippen molar-refractivity contribution in [3.63, 3.8) is 0 Å². The second-order valence-electron chi connectivity index (χ2n) is 15.8. The minimum atomic E-state index is -0.458. The van der Waals surface area contributed by atoms with Crippen molar-refractivity contribution in [1.82, 2.24) is 30.2 Å². The zero-order valence-electron chi connectivity index (χ0n) is 31.7. The molecule has 13 nitrogen and oxygen atoms in total. The maximum Gasteiger partial charge on any atom is 0.329 e. The van der Waals surface area contributed by atoms with E-state index in [4.69, 9.17) is 20.0 Å². The number of piperazine rings is 1. The largest absolute Gasteiger partial charge is 0.457 e. The van der Waals surface area contributed by atoms with Gasteiger partial charge in [0.25, 0.3) is 0 Å². The molecule has 10 rings (SSSR count). The Labute approximate surface area is 334 Å². The summed E-state index contributed by atoms with van der Waals surface area (Å²) in [4.78, 5) is 45.0. The molecule has 3 aromatic carbocycles. The van der Waals surface area contributed by atoms with Crippen LogP contribution in [-0.2, 0) is 4.79 Å². The zero-order chi connectivity index (χ0) is 38.5. The summed E-state index contributed by atoms with van der Waals surface area (Å²) < 4.78 is 11.6. The zero-order valence-corrected chi connectivity index (χ0v) is 32.5. The van der Waals surface area contributed by atoms with Gasteiger partial charge in [-0.2, -0.15) is 0 Å². The smallest absolute Gasteiger partial charge is 0.329 e. The van der Waals surface area contributed by atoms with Crippen LogP contribution in [0.5, 0.6) is 11.5 Å². The molecule has 6 heterocycles. The van der Waals surface area contributed by atoms with Gasteiger partial charge in [-0.3, -0.25) is 19.9 Å². The highest BCUT2D eigenvalue weighted by Gasteiger charge is 2.35. The molecule has 0 bridgehead atoms. The minimum absolute atomic E-state index is 0.244. The van der Waals surface area contributed by atoms with E-state index >= 15 is 0 Å². The third-order valence-electron chi connectivity index (χ3n) is 12.2. The molecule has 1 saturated carbocycles. The van der Waals surface area contributed by atoms with Gasteiger partial charge in [-0.1, -0.05) is 23.4 Å². The highest BCUT2D eigenvalue weighted by molar-refractivity contribution is 7.17. The van der Waals surface area contributed by atoms with Crippen molar-refractivity contribution in [2.45, 2.75) is 44.1 Å². The van der Waals surface area contributed by atoms with Crippen LogP contribution in [0, 0.1) is 5.92 Å². The Balaban J connectivity index is 0.721. The number of nitrogen functional groups attached to an aromatic ring is 1. The number of hydrogen-bond acceptors (Lipinski definition) is 12. The number of carbonyl (C=O) groups excluding carboxylic acids is 2. The average Bonchev–Trinajstić information content (AvgIpc) is 3.83. The van der Waals surface area contributed by atoms with E-state index in [0.717, 1.165) is 103 Å². The van der Waals surface area contributed by atoms with Crippen molar-refractivity contribution in [2.24, 2.45) is 5.92 Å². The summed E-state index contributed by atoms with van der Waals surface area (Å²) in [5, 5.41) is 8.29. The highest BCUT2D eigenvalue weighted by Crippen LogP contribution is 2.47. The molecule has 292 valence electrons. The Morgan fingerprint density at radius 1 is 0.877 bits per heavy atom. The molecule has 3 amide bonds. The second-order valence-corrected chi connectivity index (χ2v) is 16.8. The van der Waals surface area contributed by atoms with Gasteiger partial charge in [-0.25, -0.2) is 14.8 Å². The van der Waals surface area contributed by atoms with Gasteiger partial charge in [0.1, 0.15) is 23.6 Å². The minimum Gasteiger partial charge on any atom is -0.457 e. The van der Waals surface area contributed by atoms with Crippen molar-refractivity contribution in [3.05, 3.63) is 84.0 Å². The van der Waals surface area contributed by atoms with Crippen LogP contribution in [-0.4, -0.2) is 95.3 Å². The molecule has 14 heteroatoms. The Hall–Kier alpha value is -5.57. The molecule has 57 heavy (non-hydrogen) atoms. The molecule has 0 spiro atoms. The SMILES string of the molecule is Nc1ncnc2c(C3CCC(N4CCN(CC5CN(c6ccc7onc(N8CCC(=O)NC8=O)c7c6)C5)CC4)CC3)sc(-c3ccc(Oc4ccccc4)cc3)c12. The summed E-state index contributed by atoms with van der Waals surface area (Å²) in [6.45, 7) is 7.86. The quantitative estimate of drug-likeness (QED) is 0.155. The Morgan fingerprint density at radius 3 is 2.42 bits per heavy atom. The topological polar surface area (TPSA) is 146 Å². The second kappa shape index (κ2) is 15.1. The predicted molar refractivity (Wildman–Crippen MR) is 222 cm³/mol. The van der Waals surface area contributed by atoms with Gasteiger partial charge in [0, 0.05) is 86.2 Å². The number of nitrogens with one attached hydrogen (secondary N) is 1. The van der Waals surface area contributed by atoms with Gasteiger partial charge in [-0.05, 0) is 91.8 Å². The number of imide groups is 1. The summed E-state index contributed by atoms with van der Waals surface area (Å²) in [5.74, 6) is 3.42. The van der Waals surface area contributed by atoms with E-state index in [0.29, 0.717) is 41.6 Å². The van der Waals surface area contributed by atoms with E-state index in [9.17, 15) is 9.59 Å². The standard InChI is InChI=1S/C43H45N9O4S/c44-41-37-38(45-26-46-41)40(57-39(37)28-8-13-33(14-9-28)55-32-4-2-1-3-5-32)29-6-10-30(11-7-29)50-20-18-49(19-21-50)23-27-24-51(25-27)31-12-15-35-34(22-31)42(48-56-35)52-17-16-36(53)47-43(52)54/h1-5,8-9,12-15,22,26-27,29-30H,6-7,10-11,16-21,23-25H2,(H2,44,45,46)(H,47,53,54). The number of rotatable bonds is 9. The molecule has 4 fully saturated rings. The van der Waals surface area contributed by atoms with Crippen LogP contribution in [0.4, 0.5) is 22.1 Å². The van der Waals surface area contributed by atoms with Crippen LogP contribution < -0.4 is 25.6 Å². The monoisotopic (exact) mass is 783 g/mol. The molecular weight excluding hydrogens is 739 g/mol. The predicted octanol–water partition coefficient (Wildman–Crippen LogP) is 7.10. The molecule has 3 aliphatic heterocycles. The number of ether oxygens (including phenoxy) is 1. The summed E-state index contributed by atoms with van der Waals surface area (Å²) in [6.07, 6.45) is 6.55. The van der Waals surface area contributed by atoms with E-state index in [2.05, 4.69) is 54.4 Å². The fraction of sp³-hybridized carbons (Fsp3) is 0.372. The number of benzene rings is 3. The fourth-order valence-electron chi connectivity index (χ4n) is 9.15. The van der Waals surface area contributed by atoms with Gasteiger partial charge in [0.15, 0.2) is 11.4 Å². The number of fused-ring (bicyclic) bond motifs is 2. The lowest BCUT2D eigenvalue weighted by molar-refractivity contribution is -0.120. The first-order valence-corrected chi connectivity index (χ1v) is 20.8. The highest BCUT2D eigenvalue weighted by atomic mass is 32.1. The van der Waals surface area contributed by atoms with Crippen molar-refractivity contribution < 1.29 is 18.8 Å². The molecular formula is C43H45N9O4S. The van der Waals surface area contributed by atoms with E-state index in [-0.39, 0.29) is 12.3 Å². The molecule has 4 aliphatic rings. The van der Waals surface area contributed by atoms with E-state index < -0.39 is 6.03 Å².